The third kappa shape index (κ3) is 8.50. The smallest absolute Gasteiger partial charge is 0.341 e. The molecule has 0 aromatic heterocycles. The van der Waals surface area contributed by atoms with Gasteiger partial charge in [-0.25, -0.2) is 4.79 Å². The number of nitrogens with one attached hydrogen (secondary N) is 1. The SMILES string of the molecule is CO[C@@H]1C(O)=C2C(=O)O[C@@](C)(O)C=CC=CC=CC=C[C@@H](c3ccccc3)NC(=O)C=CC=CC=CC=C[C@@]2(C)[C@H]1O. The number of rotatable bonds is 2. The van der Waals surface area contributed by atoms with Crippen molar-refractivity contribution in [2.75, 3.05) is 7.11 Å². The van der Waals surface area contributed by atoms with Crippen LogP contribution in [0.4, 0.5) is 0 Å². The molecular formula is C34H37NO7. The zero-order valence-corrected chi connectivity index (χ0v) is 23.8. The molecule has 0 radical (unpaired) electrons. The lowest BCUT2D eigenvalue weighted by molar-refractivity contribution is -0.181. The van der Waals surface area contributed by atoms with Gasteiger partial charge in [-0.1, -0.05) is 115 Å². The van der Waals surface area contributed by atoms with Gasteiger partial charge in [0.05, 0.1) is 17.0 Å². The van der Waals surface area contributed by atoms with Gasteiger partial charge in [-0.15, -0.1) is 0 Å². The molecule has 1 aliphatic carbocycles. The van der Waals surface area contributed by atoms with Gasteiger partial charge in [-0.2, -0.15) is 0 Å². The second-order valence-corrected chi connectivity index (χ2v) is 9.99. The number of aliphatic hydroxyl groups is 3. The van der Waals surface area contributed by atoms with Crippen LogP contribution in [0.15, 0.2) is 139 Å². The first-order valence-electron chi connectivity index (χ1n) is 13.4. The third-order valence-corrected chi connectivity index (χ3v) is 6.69. The zero-order valence-electron chi connectivity index (χ0n) is 23.8. The summed E-state index contributed by atoms with van der Waals surface area (Å²) in [4.78, 5) is 25.7. The van der Waals surface area contributed by atoms with Crippen molar-refractivity contribution < 1.29 is 34.4 Å². The molecule has 1 amide bonds. The number of carbonyl (C=O) groups excluding carboxylic acids is 2. The number of aliphatic hydroxyl groups excluding tert-OH is 2. The summed E-state index contributed by atoms with van der Waals surface area (Å²) in [6.45, 7) is 2.84. The summed E-state index contributed by atoms with van der Waals surface area (Å²) in [7, 11) is 1.30. The molecule has 0 saturated carbocycles. The Balaban J connectivity index is 1.92. The molecule has 220 valence electrons. The molecular weight excluding hydrogens is 534 g/mol. The summed E-state index contributed by atoms with van der Waals surface area (Å²) >= 11 is 0. The lowest BCUT2D eigenvalue weighted by Crippen LogP contribution is -2.39. The Morgan fingerprint density at radius 2 is 1.40 bits per heavy atom. The van der Waals surface area contributed by atoms with Gasteiger partial charge in [0, 0.05) is 20.1 Å². The Bertz CT molecular complexity index is 1380. The van der Waals surface area contributed by atoms with Crippen molar-refractivity contribution in [2.45, 2.75) is 37.9 Å². The Morgan fingerprint density at radius 3 is 2.05 bits per heavy atom. The monoisotopic (exact) mass is 571 g/mol. The number of carbonyl (C=O) groups is 2. The lowest BCUT2D eigenvalue weighted by atomic mass is 9.80. The maximum absolute atomic E-state index is 13.2. The van der Waals surface area contributed by atoms with Crippen molar-refractivity contribution in [3.05, 3.63) is 144 Å². The van der Waals surface area contributed by atoms with E-state index < -0.39 is 35.1 Å². The van der Waals surface area contributed by atoms with Gasteiger partial charge in [0.25, 0.3) is 0 Å². The molecule has 8 heteroatoms. The van der Waals surface area contributed by atoms with Gasteiger partial charge < -0.3 is 30.1 Å². The van der Waals surface area contributed by atoms with E-state index in [1.165, 1.54) is 32.3 Å². The van der Waals surface area contributed by atoms with Crippen LogP contribution in [-0.4, -0.2) is 52.3 Å². The first-order valence-corrected chi connectivity index (χ1v) is 13.4. The van der Waals surface area contributed by atoms with E-state index in [2.05, 4.69) is 5.32 Å². The highest BCUT2D eigenvalue weighted by atomic mass is 16.7. The van der Waals surface area contributed by atoms with Crippen molar-refractivity contribution in [3.63, 3.8) is 0 Å². The average Bonchev–Trinajstić information content (AvgIpc) is 3.14. The van der Waals surface area contributed by atoms with E-state index in [9.17, 15) is 24.9 Å². The Labute approximate surface area is 246 Å². The summed E-state index contributed by atoms with van der Waals surface area (Å²) in [5.41, 5.74) is -0.678. The van der Waals surface area contributed by atoms with Gasteiger partial charge in [0.2, 0.25) is 11.7 Å². The van der Waals surface area contributed by atoms with Crippen LogP contribution in [0.25, 0.3) is 0 Å². The molecule has 1 aromatic carbocycles. The van der Waals surface area contributed by atoms with Crippen LogP contribution in [0.5, 0.6) is 0 Å². The summed E-state index contributed by atoms with van der Waals surface area (Å²) in [5, 5.41) is 35.3. The maximum Gasteiger partial charge on any atom is 0.341 e. The molecule has 0 bridgehead atoms. The van der Waals surface area contributed by atoms with E-state index in [1.807, 2.05) is 42.5 Å². The first-order chi connectivity index (χ1) is 20.1. The molecule has 42 heavy (non-hydrogen) atoms. The van der Waals surface area contributed by atoms with Crippen molar-refractivity contribution in [1.82, 2.24) is 5.32 Å². The van der Waals surface area contributed by atoms with Gasteiger partial charge in [0.1, 0.15) is 18.0 Å². The number of hydrogen-bond donors (Lipinski definition) is 4. The number of benzene rings is 1. The summed E-state index contributed by atoms with van der Waals surface area (Å²) in [5.74, 6) is -3.74. The summed E-state index contributed by atoms with van der Waals surface area (Å²) in [6.07, 6.45) is 23.8. The minimum atomic E-state index is -2.01. The predicted molar refractivity (Wildman–Crippen MR) is 162 cm³/mol. The fourth-order valence-corrected chi connectivity index (χ4v) is 4.48. The highest BCUT2D eigenvalue weighted by Gasteiger charge is 2.53. The van der Waals surface area contributed by atoms with E-state index >= 15 is 0 Å². The largest absolute Gasteiger partial charge is 0.509 e. The minimum Gasteiger partial charge on any atom is -0.509 e. The lowest BCUT2D eigenvalue weighted by Gasteiger charge is -2.29. The molecule has 2 aliphatic rings. The topological polar surface area (TPSA) is 125 Å². The van der Waals surface area contributed by atoms with Crippen LogP contribution in [0.3, 0.4) is 0 Å². The number of esters is 1. The molecule has 1 aliphatic heterocycles. The number of methoxy groups -OCH3 is 1. The third-order valence-electron chi connectivity index (χ3n) is 6.69. The van der Waals surface area contributed by atoms with E-state index in [0.717, 1.165) is 5.56 Å². The standard InChI is InChI=1S/C34H37NO7/c1-33-23-17-10-6-5-9-16-22-27(36)35-26(25-19-13-12-14-20-25)21-15-8-4-7-11-18-24-34(2,40)42-32(39)28(33)29(37)30(41-3)31(33)38/h4-24,26,30-31,37-38,40H,1-3H3,(H,35,36)/t26-,30+,31-,33+,34+/m0/s1. The first kappa shape index (κ1) is 32.0. The Kier molecular flexibility index (Phi) is 11.4. The molecule has 0 fully saturated rings. The van der Waals surface area contributed by atoms with Crippen LogP contribution in [0, 0.1) is 5.41 Å². The van der Waals surface area contributed by atoms with E-state index in [0.29, 0.717) is 0 Å². The quantitative estimate of drug-likeness (QED) is 0.377. The Morgan fingerprint density at radius 1 is 0.833 bits per heavy atom. The number of hydrogen-bond acceptors (Lipinski definition) is 7. The maximum atomic E-state index is 13.2. The number of fused-ring (bicyclic) bond motifs is 1. The molecule has 3 rings (SSSR count). The van der Waals surface area contributed by atoms with Crippen molar-refractivity contribution >= 4 is 11.9 Å². The number of allylic oxidation sites excluding steroid dienone is 12. The fraction of sp³-hybridized carbons (Fsp3) is 0.235. The summed E-state index contributed by atoms with van der Waals surface area (Å²) in [6, 6.07) is 9.23. The van der Waals surface area contributed by atoms with Gasteiger partial charge in [-0.05, 0) is 18.6 Å². The molecule has 4 N–H and O–H groups in total. The van der Waals surface area contributed by atoms with E-state index in [-0.39, 0.29) is 17.5 Å². The van der Waals surface area contributed by atoms with Crippen LogP contribution in [-0.2, 0) is 19.1 Å². The van der Waals surface area contributed by atoms with E-state index in [1.54, 1.807) is 73.8 Å². The molecule has 0 spiro atoms. The average molecular weight is 572 g/mol. The molecule has 0 saturated heterocycles. The number of ether oxygens (including phenoxy) is 2. The van der Waals surface area contributed by atoms with Gasteiger partial charge in [-0.3, -0.25) is 4.79 Å². The summed E-state index contributed by atoms with van der Waals surface area (Å²) < 4.78 is 10.5. The van der Waals surface area contributed by atoms with Gasteiger partial charge >= 0.3 is 5.97 Å². The van der Waals surface area contributed by atoms with Crippen LogP contribution >= 0.6 is 0 Å². The highest BCUT2D eigenvalue weighted by Crippen LogP contribution is 2.45. The predicted octanol–water partition coefficient (Wildman–Crippen LogP) is 4.77. The normalized spacial score (nSPS) is 29.3. The molecule has 8 nitrogen and oxygen atoms in total. The van der Waals surface area contributed by atoms with Crippen LogP contribution in [0.1, 0.15) is 25.5 Å². The number of amides is 1. The number of cyclic esters (lactones) is 1. The van der Waals surface area contributed by atoms with E-state index in [4.69, 9.17) is 9.47 Å². The van der Waals surface area contributed by atoms with Gasteiger partial charge in [0.15, 0.2) is 0 Å². The highest BCUT2D eigenvalue weighted by molar-refractivity contribution is 5.93. The minimum absolute atomic E-state index is 0.224. The fourth-order valence-electron chi connectivity index (χ4n) is 4.48. The molecule has 1 aromatic rings. The Hall–Kier alpha value is -4.50. The zero-order chi connectivity index (χ0) is 30.6. The molecule has 0 unspecified atom stereocenters. The van der Waals surface area contributed by atoms with Crippen molar-refractivity contribution in [1.29, 1.82) is 0 Å². The van der Waals surface area contributed by atoms with Crippen LogP contribution < -0.4 is 5.32 Å². The van der Waals surface area contributed by atoms with Crippen molar-refractivity contribution in [2.24, 2.45) is 5.41 Å². The molecule has 1 heterocycles. The van der Waals surface area contributed by atoms with Crippen molar-refractivity contribution in [3.8, 4) is 0 Å². The second kappa shape index (κ2) is 14.9. The molecule has 5 atom stereocenters. The van der Waals surface area contributed by atoms with Crippen LogP contribution in [0.2, 0.25) is 0 Å². The second-order valence-electron chi connectivity index (χ2n) is 9.99.